The van der Waals surface area contributed by atoms with Gasteiger partial charge in [-0.3, -0.25) is 13.8 Å². The van der Waals surface area contributed by atoms with Crippen LogP contribution in [0, 0.1) is 0 Å². The Kier molecular flexibility index (Phi) is 7.32. The third-order valence-corrected chi connectivity index (χ3v) is 4.31. The predicted octanol–water partition coefficient (Wildman–Crippen LogP) is -0.398. The summed E-state index contributed by atoms with van der Waals surface area (Å²) in [5, 5.41) is 0. The SMILES string of the molecule is CO[C@@H](C)[C@@]1(COS(C)(=O)=O)OC(OC(C)=O)[C@H](OC(C)=O)[C@@H]1OC. The van der Waals surface area contributed by atoms with Crippen LogP contribution in [0.4, 0.5) is 0 Å². The molecule has 0 aromatic heterocycles. The smallest absolute Gasteiger partial charge is 0.305 e. The first-order chi connectivity index (χ1) is 11.5. The van der Waals surface area contributed by atoms with Gasteiger partial charge in [-0.15, -0.1) is 0 Å². The van der Waals surface area contributed by atoms with Crippen molar-refractivity contribution in [1.82, 2.24) is 0 Å². The van der Waals surface area contributed by atoms with E-state index in [0.29, 0.717) is 0 Å². The van der Waals surface area contributed by atoms with Gasteiger partial charge in [-0.2, -0.15) is 8.42 Å². The van der Waals surface area contributed by atoms with Crippen molar-refractivity contribution in [3.05, 3.63) is 0 Å². The molecule has 0 saturated carbocycles. The van der Waals surface area contributed by atoms with Crippen LogP contribution < -0.4 is 0 Å². The maximum absolute atomic E-state index is 11.4. The third-order valence-electron chi connectivity index (χ3n) is 3.76. The highest BCUT2D eigenvalue weighted by atomic mass is 32.2. The van der Waals surface area contributed by atoms with Crippen LogP contribution in [-0.4, -0.2) is 77.6 Å². The lowest BCUT2D eigenvalue weighted by Crippen LogP contribution is -2.56. The Bertz CT molecular complexity index is 588. The van der Waals surface area contributed by atoms with E-state index in [-0.39, 0.29) is 0 Å². The predicted molar refractivity (Wildman–Crippen MR) is 83.0 cm³/mol. The van der Waals surface area contributed by atoms with Gasteiger partial charge in [-0.05, 0) is 6.92 Å². The van der Waals surface area contributed by atoms with Gasteiger partial charge >= 0.3 is 11.9 Å². The first-order valence-corrected chi connectivity index (χ1v) is 9.20. The quantitative estimate of drug-likeness (QED) is 0.403. The monoisotopic (exact) mass is 384 g/mol. The molecule has 1 fully saturated rings. The molecule has 5 atom stereocenters. The highest BCUT2D eigenvalue weighted by molar-refractivity contribution is 7.85. The number of ether oxygens (including phenoxy) is 5. The Morgan fingerprint density at radius 2 is 1.72 bits per heavy atom. The molecule has 1 heterocycles. The van der Waals surface area contributed by atoms with Gasteiger partial charge in [-0.1, -0.05) is 0 Å². The number of rotatable bonds is 8. The van der Waals surface area contributed by atoms with Gasteiger partial charge in [0.05, 0.1) is 12.4 Å². The lowest BCUT2D eigenvalue weighted by Gasteiger charge is -2.37. The summed E-state index contributed by atoms with van der Waals surface area (Å²) < 4.78 is 54.4. The lowest BCUT2D eigenvalue weighted by atomic mass is 9.90. The van der Waals surface area contributed by atoms with Gasteiger partial charge in [0.15, 0.2) is 11.7 Å². The van der Waals surface area contributed by atoms with Gasteiger partial charge in [-0.25, -0.2) is 0 Å². The third kappa shape index (κ3) is 5.35. The van der Waals surface area contributed by atoms with Crippen molar-refractivity contribution in [1.29, 1.82) is 0 Å². The maximum atomic E-state index is 11.4. The van der Waals surface area contributed by atoms with Crippen molar-refractivity contribution in [2.75, 3.05) is 27.1 Å². The minimum Gasteiger partial charge on any atom is -0.453 e. The van der Waals surface area contributed by atoms with E-state index >= 15 is 0 Å². The second-order valence-electron chi connectivity index (χ2n) is 5.63. The van der Waals surface area contributed by atoms with E-state index in [9.17, 15) is 18.0 Å². The van der Waals surface area contributed by atoms with E-state index in [1.54, 1.807) is 6.92 Å². The molecule has 1 aliphatic rings. The average molecular weight is 384 g/mol. The Morgan fingerprint density at radius 3 is 2.12 bits per heavy atom. The van der Waals surface area contributed by atoms with Gasteiger partial charge in [0, 0.05) is 28.1 Å². The molecule has 11 heteroatoms. The summed E-state index contributed by atoms with van der Waals surface area (Å²) in [6.07, 6.45) is -3.34. The van der Waals surface area contributed by atoms with Crippen molar-refractivity contribution in [3.63, 3.8) is 0 Å². The fraction of sp³-hybridized carbons (Fsp3) is 0.857. The normalized spacial score (nSPS) is 30.7. The summed E-state index contributed by atoms with van der Waals surface area (Å²) in [6.45, 7) is 3.43. The van der Waals surface area contributed by atoms with Gasteiger partial charge in [0.25, 0.3) is 10.1 Å². The summed E-state index contributed by atoms with van der Waals surface area (Å²) in [5.41, 5.74) is -1.51. The summed E-state index contributed by atoms with van der Waals surface area (Å²) in [4.78, 5) is 22.8. The van der Waals surface area contributed by atoms with E-state index in [4.69, 9.17) is 27.9 Å². The van der Waals surface area contributed by atoms with Gasteiger partial charge in [0.2, 0.25) is 6.29 Å². The van der Waals surface area contributed by atoms with Crippen LogP contribution >= 0.6 is 0 Å². The first kappa shape index (κ1) is 21.8. The van der Waals surface area contributed by atoms with Crippen molar-refractivity contribution < 1.29 is 45.9 Å². The molecule has 0 bridgehead atoms. The molecule has 0 amide bonds. The van der Waals surface area contributed by atoms with Crippen LogP contribution in [-0.2, 0) is 47.6 Å². The summed E-state index contributed by atoms with van der Waals surface area (Å²) in [7, 11) is -1.12. The number of carbonyl (C=O) groups excluding carboxylic acids is 2. The van der Waals surface area contributed by atoms with Crippen molar-refractivity contribution in [2.45, 2.75) is 51.0 Å². The number of carbonyl (C=O) groups is 2. The fourth-order valence-corrected chi connectivity index (χ4v) is 3.03. The highest BCUT2D eigenvalue weighted by Gasteiger charge is 2.62. The van der Waals surface area contributed by atoms with E-state index in [1.807, 2.05) is 0 Å². The van der Waals surface area contributed by atoms with Crippen LogP contribution in [0.1, 0.15) is 20.8 Å². The second-order valence-corrected chi connectivity index (χ2v) is 7.27. The molecule has 1 aliphatic heterocycles. The number of hydrogen-bond acceptors (Lipinski definition) is 10. The summed E-state index contributed by atoms with van der Waals surface area (Å²) >= 11 is 0. The second kappa shape index (κ2) is 8.41. The van der Waals surface area contributed by atoms with E-state index in [2.05, 4.69) is 0 Å². The molecular formula is C14H24O10S. The fourth-order valence-electron chi connectivity index (χ4n) is 2.63. The van der Waals surface area contributed by atoms with Crippen LogP contribution in [0.15, 0.2) is 0 Å². The van der Waals surface area contributed by atoms with E-state index in [0.717, 1.165) is 13.2 Å². The minimum atomic E-state index is -3.81. The Hall–Kier alpha value is -1.27. The zero-order valence-corrected chi connectivity index (χ0v) is 15.8. The van der Waals surface area contributed by atoms with Gasteiger partial charge in [0.1, 0.15) is 12.7 Å². The van der Waals surface area contributed by atoms with Crippen molar-refractivity contribution in [3.8, 4) is 0 Å². The largest absolute Gasteiger partial charge is 0.453 e. The molecule has 0 radical (unpaired) electrons. The molecule has 0 spiro atoms. The van der Waals surface area contributed by atoms with Crippen LogP contribution in [0.3, 0.4) is 0 Å². The first-order valence-electron chi connectivity index (χ1n) is 7.39. The Balaban J connectivity index is 3.31. The number of hydrogen-bond donors (Lipinski definition) is 0. The van der Waals surface area contributed by atoms with Crippen LogP contribution in [0.25, 0.3) is 0 Å². The zero-order valence-electron chi connectivity index (χ0n) is 15.0. The van der Waals surface area contributed by atoms with E-state index < -0.39 is 58.9 Å². The van der Waals surface area contributed by atoms with Gasteiger partial charge < -0.3 is 23.7 Å². The average Bonchev–Trinajstić information content (AvgIpc) is 2.76. The molecule has 1 unspecified atom stereocenters. The van der Waals surface area contributed by atoms with Crippen molar-refractivity contribution in [2.24, 2.45) is 0 Å². The lowest BCUT2D eigenvalue weighted by molar-refractivity contribution is -0.226. The molecule has 0 aromatic rings. The molecular weight excluding hydrogens is 360 g/mol. The number of esters is 2. The summed E-state index contributed by atoms with van der Waals surface area (Å²) in [5.74, 6) is -1.33. The Labute approximate surface area is 146 Å². The van der Waals surface area contributed by atoms with E-state index in [1.165, 1.54) is 21.1 Å². The molecule has 0 aliphatic carbocycles. The standard InChI is InChI=1S/C14H24O10S/c1-8(19-4)14(7-21-25(6,17)18)12(20-5)11(22-9(2)15)13(24-14)23-10(3)16/h8,11-13H,7H2,1-6H3/t8-,11+,12-,13?,14+/m0/s1. The number of methoxy groups -OCH3 is 2. The highest BCUT2D eigenvalue weighted by Crippen LogP contribution is 2.40. The molecule has 1 saturated heterocycles. The molecule has 1 rings (SSSR count). The maximum Gasteiger partial charge on any atom is 0.305 e. The van der Waals surface area contributed by atoms with Crippen LogP contribution in [0.2, 0.25) is 0 Å². The van der Waals surface area contributed by atoms with Crippen molar-refractivity contribution >= 4 is 22.1 Å². The zero-order chi connectivity index (χ0) is 19.4. The summed E-state index contributed by atoms with van der Waals surface area (Å²) in [6, 6.07) is 0. The minimum absolute atomic E-state index is 0.491. The topological polar surface area (TPSA) is 124 Å². The molecule has 25 heavy (non-hydrogen) atoms. The molecule has 0 N–H and O–H groups in total. The Morgan fingerprint density at radius 1 is 1.16 bits per heavy atom. The molecule has 10 nitrogen and oxygen atoms in total. The van der Waals surface area contributed by atoms with Crippen LogP contribution in [0.5, 0.6) is 0 Å². The molecule has 0 aromatic carbocycles. The molecule has 146 valence electrons.